The Labute approximate surface area is 122 Å². The first kappa shape index (κ1) is 15.8. The first-order valence-electron chi connectivity index (χ1n) is 6.33. The summed E-state index contributed by atoms with van der Waals surface area (Å²) in [5.74, 6) is 1.59. The summed E-state index contributed by atoms with van der Waals surface area (Å²) in [6.07, 6.45) is 0.787. The molecule has 0 aliphatic heterocycles. The number of carbonyl (C=O) groups is 1. The Kier molecular flexibility index (Phi) is 7.33. The maximum atomic E-state index is 11.3. The highest BCUT2D eigenvalue weighted by Gasteiger charge is 2.07. The lowest BCUT2D eigenvalue weighted by Crippen LogP contribution is -2.29. The third-order valence-corrected chi connectivity index (χ3v) is 3.06. The van der Waals surface area contributed by atoms with E-state index in [4.69, 9.17) is 9.47 Å². The third-order valence-electron chi connectivity index (χ3n) is 2.58. The molecule has 0 radical (unpaired) electrons. The van der Waals surface area contributed by atoms with Crippen LogP contribution < -0.4 is 9.47 Å². The monoisotopic (exact) mass is 329 g/mol. The van der Waals surface area contributed by atoms with Gasteiger partial charge in [0.05, 0.1) is 18.5 Å². The average molecular weight is 330 g/mol. The van der Waals surface area contributed by atoms with Gasteiger partial charge >= 0.3 is 0 Å². The van der Waals surface area contributed by atoms with Crippen molar-refractivity contribution in [1.82, 2.24) is 4.90 Å². The Hall–Kier alpha value is -1.23. The number of carbonyl (C=O) groups excluding carboxylic acids is 1. The van der Waals surface area contributed by atoms with Gasteiger partial charge in [0.2, 0.25) is 5.91 Å². The Bertz CT molecular complexity index is 398. The number of benzene rings is 1. The Morgan fingerprint density at radius 2 is 1.89 bits per heavy atom. The van der Waals surface area contributed by atoms with Gasteiger partial charge in [0.1, 0.15) is 0 Å². The number of rotatable bonds is 8. The summed E-state index contributed by atoms with van der Waals surface area (Å²) in [6, 6.07) is 7.61. The van der Waals surface area contributed by atoms with Crippen LogP contribution >= 0.6 is 15.9 Å². The SMILES string of the molecule is CCOc1ccccc1OCCCN(C)C(=O)CBr. The molecule has 1 rings (SSSR count). The van der Waals surface area contributed by atoms with Gasteiger partial charge in [-0.1, -0.05) is 28.1 Å². The van der Waals surface area contributed by atoms with Gasteiger partial charge in [-0.3, -0.25) is 4.79 Å². The minimum atomic E-state index is 0.0784. The second-order valence-electron chi connectivity index (χ2n) is 4.03. The second-order valence-corrected chi connectivity index (χ2v) is 4.59. The highest BCUT2D eigenvalue weighted by Crippen LogP contribution is 2.26. The molecular weight excluding hydrogens is 310 g/mol. The van der Waals surface area contributed by atoms with E-state index < -0.39 is 0 Å². The number of para-hydroxylation sites is 2. The second kappa shape index (κ2) is 8.80. The van der Waals surface area contributed by atoms with Crippen molar-refractivity contribution in [2.75, 3.05) is 32.1 Å². The van der Waals surface area contributed by atoms with Gasteiger partial charge in [-0.15, -0.1) is 0 Å². The lowest BCUT2D eigenvalue weighted by Gasteiger charge is -2.16. The molecule has 0 unspecified atom stereocenters. The predicted molar refractivity (Wildman–Crippen MR) is 79.2 cm³/mol. The molecule has 0 atom stereocenters. The molecule has 0 saturated heterocycles. The fourth-order valence-electron chi connectivity index (χ4n) is 1.55. The van der Waals surface area contributed by atoms with Crippen LogP contribution in [0.4, 0.5) is 0 Å². The van der Waals surface area contributed by atoms with Gasteiger partial charge in [0, 0.05) is 13.6 Å². The zero-order valence-electron chi connectivity index (χ0n) is 11.4. The van der Waals surface area contributed by atoms with Crippen molar-refractivity contribution in [3.8, 4) is 11.5 Å². The Morgan fingerprint density at radius 1 is 1.26 bits per heavy atom. The zero-order chi connectivity index (χ0) is 14.1. The summed E-state index contributed by atoms with van der Waals surface area (Å²) in [7, 11) is 1.79. The normalized spacial score (nSPS) is 10.1. The third kappa shape index (κ3) is 5.51. The van der Waals surface area contributed by atoms with Crippen molar-refractivity contribution in [2.24, 2.45) is 0 Å². The Morgan fingerprint density at radius 3 is 2.47 bits per heavy atom. The van der Waals surface area contributed by atoms with Crippen LogP contribution in [0.25, 0.3) is 0 Å². The first-order chi connectivity index (χ1) is 9.19. The van der Waals surface area contributed by atoms with Crippen LogP contribution in [0.5, 0.6) is 11.5 Å². The lowest BCUT2D eigenvalue weighted by molar-refractivity contribution is -0.127. The largest absolute Gasteiger partial charge is 0.490 e. The fraction of sp³-hybridized carbons (Fsp3) is 0.500. The average Bonchev–Trinajstić information content (AvgIpc) is 2.44. The summed E-state index contributed by atoms with van der Waals surface area (Å²) >= 11 is 3.15. The van der Waals surface area contributed by atoms with E-state index >= 15 is 0 Å². The van der Waals surface area contributed by atoms with Crippen LogP contribution in [0.15, 0.2) is 24.3 Å². The zero-order valence-corrected chi connectivity index (χ0v) is 13.0. The van der Waals surface area contributed by atoms with E-state index in [0.29, 0.717) is 25.1 Å². The molecule has 0 aromatic heterocycles. The summed E-state index contributed by atoms with van der Waals surface area (Å²) in [5.41, 5.74) is 0. The molecule has 19 heavy (non-hydrogen) atoms. The van der Waals surface area contributed by atoms with Crippen molar-refractivity contribution in [3.63, 3.8) is 0 Å². The van der Waals surface area contributed by atoms with Gasteiger partial charge in [-0.25, -0.2) is 0 Å². The van der Waals surface area contributed by atoms with E-state index in [1.54, 1.807) is 11.9 Å². The smallest absolute Gasteiger partial charge is 0.232 e. The van der Waals surface area contributed by atoms with Gasteiger partial charge in [-0.2, -0.15) is 0 Å². The van der Waals surface area contributed by atoms with Crippen molar-refractivity contribution >= 4 is 21.8 Å². The number of halogens is 1. The molecule has 0 bridgehead atoms. The molecular formula is C14H20BrNO3. The van der Waals surface area contributed by atoms with E-state index in [1.807, 2.05) is 31.2 Å². The van der Waals surface area contributed by atoms with Crippen LogP contribution in [-0.4, -0.2) is 42.9 Å². The minimum absolute atomic E-state index is 0.0784. The molecule has 5 heteroatoms. The van der Waals surface area contributed by atoms with Crippen LogP contribution in [0.3, 0.4) is 0 Å². The standard InChI is InChI=1S/C14H20BrNO3/c1-3-18-12-7-4-5-8-13(12)19-10-6-9-16(2)14(17)11-15/h4-5,7-8H,3,6,9-11H2,1-2H3. The minimum Gasteiger partial charge on any atom is -0.490 e. The van der Waals surface area contributed by atoms with E-state index in [9.17, 15) is 4.79 Å². The summed E-state index contributed by atoms with van der Waals surface area (Å²) in [5, 5.41) is 0.359. The molecule has 0 aliphatic carbocycles. The van der Waals surface area contributed by atoms with Gasteiger partial charge in [-0.05, 0) is 25.5 Å². The summed E-state index contributed by atoms with van der Waals surface area (Å²) in [6.45, 7) is 3.80. The van der Waals surface area contributed by atoms with Crippen LogP contribution in [0.1, 0.15) is 13.3 Å². The molecule has 106 valence electrons. The number of nitrogens with zero attached hydrogens (tertiary/aromatic N) is 1. The van der Waals surface area contributed by atoms with E-state index in [0.717, 1.165) is 17.9 Å². The van der Waals surface area contributed by atoms with E-state index in [-0.39, 0.29) is 5.91 Å². The fourth-order valence-corrected chi connectivity index (χ4v) is 1.98. The quantitative estimate of drug-likeness (QED) is 0.543. The Balaban J connectivity index is 2.35. The van der Waals surface area contributed by atoms with Crippen molar-refractivity contribution in [3.05, 3.63) is 24.3 Å². The molecule has 0 fully saturated rings. The van der Waals surface area contributed by atoms with E-state index in [2.05, 4.69) is 15.9 Å². The highest BCUT2D eigenvalue weighted by atomic mass is 79.9. The van der Waals surface area contributed by atoms with Crippen molar-refractivity contribution in [1.29, 1.82) is 0 Å². The molecule has 0 saturated carbocycles. The molecule has 0 aliphatic rings. The van der Waals surface area contributed by atoms with Crippen molar-refractivity contribution in [2.45, 2.75) is 13.3 Å². The molecule has 0 N–H and O–H groups in total. The molecule has 1 aromatic carbocycles. The molecule has 1 amide bonds. The summed E-state index contributed by atoms with van der Waals surface area (Å²) < 4.78 is 11.2. The van der Waals surface area contributed by atoms with Gasteiger partial charge in [0.25, 0.3) is 0 Å². The van der Waals surface area contributed by atoms with Gasteiger partial charge < -0.3 is 14.4 Å². The number of amides is 1. The van der Waals surface area contributed by atoms with Crippen LogP contribution in [0.2, 0.25) is 0 Å². The number of ether oxygens (including phenoxy) is 2. The van der Waals surface area contributed by atoms with Crippen molar-refractivity contribution < 1.29 is 14.3 Å². The van der Waals surface area contributed by atoms with Crippen LogP contribution in [0, 0.1) is 0 Å². The maximum absolute atomic E-state index is 11.3. The summed E-state index contributed by atoms with van der Waals surface area (Å²) in [4.78, 5) is 13.0. The molecule has 0 spiro atoms. The highest BCUT2D eigenvalue weighted by molar-refractivity contribution is 9.09. The predicted octanol–water partition coefficient (Wildman–Crippen LogP) is 2.71. The molecule has 1 aromatic rings. The van der Waals surface area contributed by atoms with E-state index in [1.165, 1.54) is 0 Å². The number of hydrogen-bond acceptors (Lipinski definition) is 3. The maximum Gasteiger partial charge on any atom is 0.232 e. The molecule has 0 heterocycles. The molecule has 4 nitrogen and oxygen atoms in total. The topological polar surface area (TPSA) is 38.8 Å². The first-order valence-corrected chi connectivity index (χ1v) is 7.45. The number of alkyl halides is 1. The van der Waals surface area contributed by atoms with Gasteiger partial charge in [0.15, 0.2) is 11.5 Å². The lowest BCUT2D eigenvalue weighted by atomic mass is 10.3. The van der Waals surface area contributed by atoms with Crippen LogP contribution in [-0.2, 0) is 4.79 Å². The number of hydrogen-bond donors (Lipinski definition) is 0.